The fraction of sp³-hybridized carbons (Fsp3) is 0.471. The number of H-pyrrole nitrogens is 1. The predicted molar refractivity (Wildman–Crippen MR) is 104 cm³/mol. The number of imidazole rings is 1. The highest BCUT2D eigenvalue weighted by Gasteiger charge is 2.32. The molecule has 0 aromatic carbocycles. The number of hydrogen-bond acceptors (Lipinski definition) is 8. The zero-order valence-electron chi connectivity index (χ0n) is 16.9. The lowest BCUT2D eigenvalue weighted by Gasteiger charge is -2.23. The van der Waals surface area contributed by atoms with Gasteiger partial charge in [0.2, 0.25) is 17.7 Å². The molecule has 176 valence electrons. The zero-order valence-corrected chi connectivity index (χ0v) is 16.9. The van der Waals surface area contributed by atoms with Gasteiger partial charge in [0.15, 0.2) is 0 Å². The van der Waals surface area contributed by atoms with E-state index in [1.165, 1.54) is 19.4 Å². The molecule has 0 aliphatic heterocycles. The van der Waals surface area contributed by atoms with Crippen LogP contribution >= 0.6 is 0 Å². The van der Waals surface area contributed by atoms with Crippen LogP contribution in [-0.2, 0) is 35.2 Å². The summed E-state index contributed by atoms with van der Waals surface area (Å²) in [7, 11) is 0. The van der Waals surface area contributed by atoms with Crippen LogP contribution < -0.4 is 21.7 Å². The van der Waals surface area contributed by atoms with Crippen molar-refractivity contribution in [2.24, 2.45) is 5.73 Å². The molecule has 0 bridgehead atoms. The second-order valence-electron chi connectivity index (χ2n) is 6.79. The van der Waals surface area contributed by atoms with E-state index in [0.717, 1.165) is 0 Å². The number of aromatic nitrogens is 2. The molecule has 0 radical (unpaired) electrons. The third-order valence-electron chi connectivity index (χ3n) is 4.03. The van der Waals surface area contributed by atoms with E-state index in [1.54, 1.807) is 0 Å². The summed E-state index contributed by atoms with van der Waals surface area (Å²) >= 11 is 0. The van der Waals surface area contributed by atoms with Gasteiger partial charge < -0.3 is 42.0 Å². The maximum Gasteiger partial charge on any atom is 0.326 e. The standard InChI is InChI=1S/C17H24N6O9/c1-7(18)14(28)21-9(2-8-5-19-6-20-8)15(29)22-10(3-12(24)25)16(30)23-11(17(31)32)4-13(26)27/h5-7,9-11H,2-4,18H2,1H3,(H,19,20)(H,21,28)(H,22,29)(H,23,30)(H,24,25)(H,26,27)(H,31,32). The van der Waals surface area contributed by atoms with E-state index in [-0.39, 0.29) is 6.42 Å². The van der Waals surface area contributed by atoms with Crippen LogP contribution in [0.15, 0.2) is 12.5 Å². The molecule has 0 fully saturated rings. The van der Waals surface area contributed by atoms with Crippen LogP contribution in [0.5, 0.6) is 0 Å². The minimum absolute atomic E-state index is 0.109. The summed E-state index contributed by atoms with van der Waals surface area (Å²) < 4.78 is 0. The zero-order chi connectivity index (χ0) is 24.4. The Morgan fingerprint density at radius 1 is 0.906 bits per heavy atom. The third kappa shape index (κ3) is 8.78. The number of nitrogens with two attached hydrogens (primary N) is 1. The van der Waals surface area contributed by atoms with Crippen LogP contribution in [0.4, 0.5) is 0 Å². The molecule has 32 heavy (non-hydrogen) atoms. The van der Waals surface area contributed by atoms with Crippen LogP contribution in [-0.4, -0.2) is 85.1 Å². The number of nitrogens with zero attached hydrogens (tertiary/aromatic N) is 1. The lowest BCUT2D eigenvalue weighted by Crippen LogP contribution is -2.58. The van der Waals surface area contributed by atoms with Crippen LogP contribution in [0.2, 0.25) is 0 Å². The van der Waals surface area contributed by atoms with Gasteiger partial charge in [-0.1, -0.05) is 0 Å². The van der Waals surface area contributed by atoms with Crippen molar-refractivity contribution in [3.8, 4) is 0 Å². The van der Waals surface area contributed by atoms with Gasteiger partial charge in [0.05, 0.1) is 25.2 Å². The number of carbonyl (C=O) groups is 6. The van der Waals surface area contributed by atoms with Gasteiger partial charge in [0.25, 0.3) is 0 Å². The van der Waals surface area contributed by atoms with Gasteiger partial charge in [-0.15, -0.1) is 0 Å². The molecule has 15 heteroatoms. The number of carbonyl (C=O) groups excluding carboxylic acids is 3. The Morgan fingerprint density at radius 3 is 1.88 bits per heavy atom. The molecule has 4 atom stereocenters. The Labute approximate surface area is 180 Å². The van der Waals surface area contributed by atoms with E-state index in [4.69, 9.17) is 21.1 Å². The Bertz CT molecular complexity index is 855. The van der Waals surface area contributed by atoms with Gasteiger partial charge >= 0.3 is 17.9 Å². The predicted octanol–water partition coefficient (Wildman–Crippen LogP) is -3.21. The van der Waals surface area contributed by atoms with Gasteiger partial charge in [0.1, 0.15) is 18.1 Å². The van der Waals surface area contributed by atoms with E-state index < -0.39 is 72.6 Å². The molecule has 9 N–H and O–H groups in total. The average molecular weight is 456 g/mol. The summed E-state index contributed by atoms with van der Waals surface area (Å²) in [6, 6.07) is -5.87. The van der Waals surface area contributed by atoms with E-state index in [1.807, 2.05) is 5.32 Å². The summed E-state index contributed by atoms with van der Waals surface area (Å²) in [5.41, 5.74) is 5.92. The van der Waals surface area contributed by atoms with Crippen LogP contribution in [0, 0.1) is 0 Å². The van der Waals surface area contributed by atoms with Gasteiger partial charge in [0, 0.05) is 18.3 Å². The maximum absolute atomic E-state index is 12.7. The third-order valence-corrected chi connectivity index (χ3v) is 4.03. The van der Waals surface area contributed by atoms with Crippen molar-refractivity contribution in [2.45, 2.75) is 50.4 Å². The minimum Gasteiger partial charge on any atom is -0.481 e. The number of hydrogen-bond donors (Lipinski definition) is 8. The summed E-state index contributed by atoms with van der Waals surface area (Å²) in [5, 5.41) is 33.3. The quantitative estimate of drug-likeness (QED) is 0.146. The molecular formula is C17H24N6O9. The van der Waals surface area contributed by atoms with Crippen LogP contribution in [0.3, 0.4) is 0 Å². The van der Waals surface area contributed by atoms with Crippen molar-refractivity contribution in [2.75, 3.05) is 0 Å². The smallest absolute Gasteiger partial charge is 0.326 e. The molecule has 0 spiro atoms. The lowest BCUT2D eigenvalue weighted by atomic mass is 10.1. The summed E-state index contributed by atoms with van der Waals surface area (Å²) in [4.78, 5) is 76.7. The SMILES string of the molecule is CC(N)C(=O)NC(Cc1cnc[nH]1)C(=O)NC(CC(=O)O)C(=O)NC(CC(=O)O)C(=O)O. The second kappa shape index (κ2) is 12.0. The Hall–Kier alpha value is -4.01. The largest absolute Gasteiger partial charge is 0.481 e. The first-order chi connectivity index (χ1) is 14.9. The number of aromatic amines is 1. The van der Waals surface area contributed by atoms with Crippen molar-refractivity contribution >= 4 is 35.6 Å². The molecule has 15 nitrogen and oxygen atoms in total. The number of aliphatic carboxylic acids is 3. The first-order valence-corrected chi connectivity index (χ1v) is 9.21. The average Bonchev–Trinajstić information content (AvgIpc) is 3.18. The number of nitrogens with one attached hydrogen (secondary N) is 4. The monoisotopic (exact) mass is 456 g/mol. The van der Waals surface area contributed by atoms with Crippen molar-refractivity contribution in [1.29, 1.82) is 0 Å². The Kier molecular flexibility index (Phi) is 9.75. The second-order valence-corrected chi connectivity index (χ2v) is 6.79. The van der Waals surface area contributed by atoms with E-state index in [9.17, 15) is 28.8 Å². The normalized spacial score (nSPS) is 14.3. The highest BCUT2D eigenvalue weighted by atomic mass is 16.4. The fourth-order valence-electron chi connectivity index (χ4n) is 2.43. The maximum atomic E-state index is 12.7. The summed E-state index contributed by atoms with van der Waals surface area (Å²) in [5.74, 6) is -7.57. The lowest BCUT2D eigenvalue weighted by molar-refractivity contribution is -0.148. The van der Waals surface area contributed by atoms with Crippen molar-refractivity contribution < 1.29 is 44.1 Å². The van der Waals surface area contributed by atoms with E-state index in [2.05, 4.69) is 20.6 Å². The fourth-order valence-corrected chi connectivity index (χ4v) is 2.43. The minimum atomic E-state index is -1.85. The first-order valence-electron chi connectivity index (χ1n) is 9.21. The number of amides is 3. The van der Waals surface area contributed by atoms with Crippen LogP contribution in [0.25, 0.3) is 0 Å². The van der Waals surface area contributed by atoms with Gasteiger partial charge in [-0.3, -0.25) is 24.0 Å². The summed E-state index contributed by atoms with van der Waals surface area (Å²) in [6.45, 7) is 1.37. The van der Waals surface area contributed by atoms with Crippen molar-refractivity contribution in [3.05, 3.63) is 18.2 Å². The molecule has 4 unspecified atom stereocenters. The number of carboxylic acids is 3. The molecule has 0 saturated carbocycles. The highest BCUT2D eigenvalue weighted by Crippen LogP contribution is 2.03. The Morgan fingerprint density at radius 2 is 1.41 bits per heavy atom. The van der Waals surface area contributed by atoms with Gasteiger partial charge in [-0.25, -0.2) is 9.78 Å². The number of carboxylic acid groups (broad SMARTS) is 3. The van der Waals surface area contributed by atoms with Gasteiger partial charge in [-0.05, 0) is 6.92 Å². The van der Waals surface area contributed by atoms with Crippen molar-refractivity contribution in [3.63, 3.8) is 0 Å². The Balaban J connectivity index is 3.03. The molecule has 1 rings (SSSR count). The topological polar surface area (TPSA) is 254 Å². The first kappa shape index (κ1) is 26.0. The molecule has 0 aliphatic rings. The molecule has 0 saturated heterocycles. The number of rotatable bonds is 13. The molecule has 1 heterocycles. The van der Waals surface area contributed by atoms with E-state index >= 15 is 0 Å². The van der Waals surface area contributed by atoms with Crippen molar-refractivity contribution in [1.82, 2.24) is 25.9 Å². The molecule has 0 aliphatic carbocycles. The molecule has 1 aromatic rings. The molecule has 1 aromatic heterocycles. The summed E-state index contributed by atoms with van der Waals surface area (Å²) in [6.07, 6.45) is 0.690. The van der Waals surface area contributed by atoms with Gasteiger partial charge in [-0.2, -0.15) is 0 Å². The van der Waals surface area contributed by atoms with Crippen LogP contribution in [0.1, 0.15) is 25.5 Å². The van der Waals surface area contributed by atoms with E-state index in [0.29, 0.717) is 5.69 Å². The molecular weight excluding hydrogens is 432 g/mol. The highest BCUT2D eigenvalue weighted by molar-refractivity contribution is 5.96. The molecule has 3 amide bonds.